The SMILES string of the molecule is CC.CCc1ccc(CS)cc1. The van der Waals surface area contributed by atoms with Crippen molar-refractivity contribution in [2.45, 2.75) is 32.9 Å². The molecule has 0 nitrogen and oxygen atoms in total. The maximum Gasteiger partial charge on any atom is 0.0154 e. The lowest BCUT2D eigenvalue weighted by atomic mass is 10.1. The Hall–Kier alpha value is -0.430. The number of thiol groups is 1. The fourth-order valence-electron chi connectivity index (χ4n) is 0.880. The lowest BCUT2D eigenvalue weighted by molar-refractivity contribution is 1.13. The van der Waals surface area contributed by atoms with E-state index in [1.807, 2.05) is 13.8 Å². The summed E-state index contributed by atoms with van der Waals surface area (Å²) in [5, 5.41) is 0. The van der Waals surface area contributed by atoms with Gasteiger partial charge in [-0.2, -0.15) is 12.6 Å². The summed E-state index contributed by atoms with van der Waals surface area (Å²) in [7, 11) is 0. The molecule has 0 N–H and O–H groups in total. The Morgan fingerprint density at radius 1 is 1.00 bits per heavy atom. The van der Waals surface area contributed by atoms with Crippen molar-refractivity contribution >= 4 is 12.6 Å². The summed E-state index contributed by atoms with van der Waals surface area (Å²) in [4.78, 5) is 0. The first kappa shape index (κ1) is 11.6. The summed E-state index contributed by atoms with van der Waals surface area (Å²) in [6.45, 7) is 6.16. The van der Waals surface area contributed by atoms with Crippen LogP contribution in [0.2, 0.25) is 0 Å². The van der Waals surface area contributed by atoms with Gasteiger partial charge < -0.3 is 0 Å². The predicted molar refractivity (Wildman–Crippen MR) is 59.9 cm³/mol. The van der Waals surface area contributed by atoms with Crippen molar-refractivity contribution in [1.29, 1.82) is 0 Å². The summed E-state index contributed by atoms with van der Waals surface area (Å²) in [5.74, 6) is 0.837. The Morgan fingerprint density at radius 3 is 1.75 bits per heavy atom. The normalized spacial score (nSPS) is 8.67. The van der Waals surface area contributed by atoms with Gasteiger partial charge in [-0.25, -0.2) is 0 Å². The minimum absolute atomic E-state index is 0.837. The highest BCUT2D eigenvalue weighted by molar-refractivity contribution is 7.79. The molecule has 1 aromatic rings. The molecule has 1 heteroatoms. The van der Waals surface area contributed by atoms with Gasteiger partial charge in [-0.15, -0.1) is 0 Å². The standard InChI is InChI=1S/C9H12S.C2H6/c1-2-8-3-5-9(7-10)6-4-8;1-2/h3-6,10H,2,7H2,1H3;1-2H3. The molecule has 0 aliphatic heterocycles. The molecule has 0 heterocycles. The fourth-order valence-corrected chi connectivity index (χ4v) is 1.09. The fraction of sp³-hybridized carbons (Fsp3) is 0.455. The molecule has 0 radical (unpaired) electrons. The van der Waals surface area contributed by atoms with Crippen molar-refractivity contribution in [2.24, 2.45) is 0 Å². The van der Waals surface area contributed by atoms with Gasteiger partial charge in [0, 0.05) is 5.75 Å². The van der Waals surface area contributed by atoms with Crippen LogP contribution in [0.1, 0.15) is 31.9 Å². The van der Waals surface area contributed by atoms with Crippen LogP contribution in [0, 0.1) is 0 Å². The van der Waals surface area contributed by atoms with Gasteiger partial charge in [-0.3, -0.25) is 0 Å². The molecule has 1 aromatic carbocycles. The quantitative estimate of drug-likeness (QED) is 0.662. The van der Waals surface area contributed by atoms with E-state index >= 15 is 0 Å². The molecule has 0 aliphatic rings. The van der Waals surface area contributed by atoms with Crippen molar-refractivity contribution in [2.75, 3.05) is 0 Å². The van der Waals surface area contributed by atoms with Crippen molar-refractivity contribution in [3.05, 3.63) is 35.4 Å². The van der Waals surface area contributed by atoms with E-state index in [-0.39, 0.29) is 0 Å². The Balaban J connectivity index is 0.000000561. The van der Waals surface area contributed by atoms with E-state index in [9.17, 15) is 0 Å². The van der Waals surface area contributed by atoms with Gasteiger partial charge in [-0.05, 0) is 17.5 Å². The summed E-state index contributed by atoms with van der Waals surface area (Å²) < 4.78 is 0. The van der Waals surface area contributed by atoms with Crippen LogP contribution in [-0.2, 0) is 12.2 Å². The molecule has 0 aliphatic carbocycles. The summed E-state index contributed by atoms with van der Waals surface area (Å²) >= 11 is 4.17. The van der Waals surface area contributed by atoms with Crippen LogP contribution in [0.4, 0.5) is 0 Å². The van der Waals surface area contributed by atoms with Gasteiger partial charge in [-0.1, -0.05) is 45.0 Å². The number of hydrogen-bond donors (Lipinski definition) is 1. The molecule has 0 aromatic heterocycles. The maximum absolute atomic E-state index is 4.17. The molecule has 68 valence electrons. The highest BCUT2D eigenvalue weighted by Crippen LogP contribution is 2.06. The zero-order chi connectivity index (χ0) is 9.40. The summed E-state index contributed by atoms with van der Waals surface area (Å²) in [6, 6.07) is 8.58. The Morgan fingerprint density at radius 2 is 1.42 bits per heavy atom. The molecular weight excluding hydrogens is 164 g/mol. The van der Waals surface area contributed by atoms with E-state index < -0.39 is 0 Å². The highest BCUT2D eigenvalue weighted by Gasteiger charge is 1.88. The second-order valence-electron chi connectivity index (χ2n) is 2.33. The number of rotatable bonds is 2. The van der Waals surface area contributed by atoms with E-state index in [0.717, 1.165) is 12.2 Å². The highest BCUT2D eigenvalue weighted by atomic mass is 32.1. The van der Waals surface area contributed by atoms with Crippen molar-refractivity contribution in [1.82, 2.24) is 0 Å². The second-order valence-corrected chi connectivity index (χ2v) is 2.64. The lowest BCUT2D eigenvalue weighted by Crippen LogP contribution is -1.80. The van der Waals surface area contributed by atoms with Crippen molar-refractivity contribution in [3.8, 4) is 0 Å². The van der Waals surface area contributed by atoms with Gasteiger partial charge in [0.25, 0.3) is 0 Å². The molecule has 0 amide bonds. The first-order chi connectivity index (χ1) is 5.86. The Bertz CT molecular complexity index is 166. The Labute approximate surface area is 81.4 Å². The minimum atomic E-state index is 0.837. The third-order valence-corrected chi connectivity index (χ3v) is 1.98. The molecule has 0 saturated carbocycles. The van der Waals surface area contributed by atoms with Crippen LogP contribution < -0.4 is 0 Å². The van der Waals surface area contributed by atoms with Crippen molar-refractivity contribution in [3.63, 3.8) is 0 Å². The molecular formula is C11H18S. The van der Waals surface area contributed by atoms with Crippen molar-refractivity contribution < 1.29 is 0 Å². The number of aryl methyl sites for hydroxylation is 1. The summed E-state index contributed by atoms with van der Waals surface area (Å²) in [6.07, 6.45) is 1.12. The monoisotopic (exact) mass is 182 g/mol. The van der Waals surface area contributed by atoms with E-state index in [1.165, 1.54) is 11.1 Å². The smallest absolute Gasteiger partial charge is 0.0154 e. The van der Waals surface area contributed by atoms with E-state index in [2.05, 4.69) is 43.8 Å². The van der Waals surface area contributed by atoms with Gasteiger partial charge in [0.05, 0.1) is 0 Å². The number of benzene rings is 1. The van der Waals surface area contributed by atoms with Crippen LogP contribution in [-0.4, -0.2) is 0 Å². The van der Waals surface area contributed by atoms with Gasteiger partial charge in [0.2, 0.25) is 0 Å². The summed E-state index contributed by atoms with van der Waals surface area (Å²) in [5.41, 5.74) is 2.69. The molecule has 1 rings (SSSR count). The van der Waals surface area contributed by atoms with E-state index in [1.54, 1.807) is 0 Å². The first-order valence-electron chi connectivity index (χ1n) is 4.55. The third kappa shape index (κ3) is 3.82. The average molecular weight is 182 g/mol. The first-order valence-corrected chi connectivity index (χ1v) is 5.18. The molecule has 0 fully saturated rings. The second kappa shape index (κ2) is 7.23. The largest absolute Gasteiger partial charge is 0.175 e. The topological polar surface area (TPSA) is 0 Å². The van der Waals surface area contributed by atoms with Gasteiger partial charge >= 0.3 is 0 Å². The lowest BCUT2D eigenvalue weighted by Gasteiger charge is -1.97. The van der Waals surface area contributed by atoms with Crippen LogP contribution in [0.3, 0.4) is 0 Å². The zero-order valence-corrected chi connectivity index (χ0v) is 9.07. The van der Waals surface area contributed by atoms with E-state index in [4.69, 9.17) is 0 Å². The van der Waals surface area contributed by atoms with Crippen LogP contribution in [0.25, 0.3) is 0 Å². The zero-order valence-electron chi connectivity index (χ0n) is 8.17. The molecule has 12 heavy (non-hydrogen) atoms. The Kier molecular flexibility index (Phi) is 6.97. The maximum atomic E-state index is 4.17. The minimum Gasteiger partial charge on any atom is -0.175 e. The van der Waals surface area contributed by atoms with E-state index in [0.29, 0.717) is 0 Å². The van der Waals surface area contributed by atoms with Crippen LogP contribution in [0.5, 0.6) is 0 Å². The number of hydrogen-bond acceptors (Lipinski definition) is 1. The van der Waals surface area contributed by atoms with Crippen LogP contribution >= 0.6 is 12.6 Å². The molecule has 0 unspecified atom stereocenters. The molecule has 0 atom stereocenters. The van der Waals surface area contributed by atoms with Gasteiger partial charge in [0.1, 0.15) is 0 Å². The molecule has 0 saturated heterocycles. The predicted octanol–water partition coefficient (Wildman–Crippen LogP) is 3.71. The van der Waals surface area contributed by atoms with Crippen LogP contribution in [0.15, 0.2) is 24.3 Å². The third-order valence-electron chi connectivity index (χ3n) is 1.61. The van der Waals surface area contributed by atoms with Gasteiger partial charge in [0.15, 0.2) is 0 Å². The average Bonchev–Trinajstić information content (AvgIpc) is 2.21. The molecule has 0 bridgehead atoms. The molecule has 0 spiro atoms.